The van der Waals surface area contributed by atoms with Crippen molar-refractivity contribution in [3.05, 3.63) is 58.9 Å². The largest absolute Gasteiger partial charge is 0.465 e. The lowest BCUT2D eigenvalue weighted by Gasteiger charge is -2.03. The minimum atomic E-state index is -3.45. The summed E-state index contributed by atoms with van der Waals surface area (Å²) in [6.07, 6.45) is 5.61. The molecule has 0 saturated heterocycles. The molecule has 1 aromatic heterocycles. The lowest BCUT2D eigenvalue weighted by molar-refractivity contribution is -0.118. The number of carbonyl (C=O) groups is 2. The van der Waals surface area contributed by atoms with Crippen LogP contribution in [0.5, 0.6) is 0 Å². The number of nitrogens with zero attached hydrogens (tertiary/aromatic N) is 2. The van der Waals surface area contributed by atoms with Gasteiger partial charge in [-0.2, -0.15) is 4.99 Å². The number of esters is 1. The van der Waals surface area contributed by atoms with Gasteiger partial charge in [0.25, 0.3) is 0 Å². The van der Waals surface area contributed by atoms with Crippen molar-refractivity contribution in [2.45, 2.75) is 24.3 Å². The van der Waals surface area contributed by atoms with Gasteiger partial charge < -0.3 is 9.30 Å². The first-order valence-electron chi connectivity index (χ1n) is 9.36. The Hall–Kier alpha value is -3.22. The topological polar surface area (TPSA) is 94.8 Å². The molecule has 1 heterocycles. The van der Waals surface area contributed by atoms with E-state index in [1.807, 2.05) is 0 Å². The Labute approximate surface area is 183 Å². The van der Waals surface area contributed by atoms with Crippen molar-refractivity contribution in [2.24, 2.45) is 4.99 Å². The van der Waals surface area contributed by atoms with Crippen LogP contribution in [0.3, 0.4) is 0 Å². The molecule has 0 aliphatic rings. The molecule has 0 aliphatic carbocycles. The number of terminal acetylenes is 1. The second kappa shape index (κ2) is 9.73. The zero-order valence-electron chi connectivity index (χ0n) is 16.8. The number of hydrogen-bond donors (Lipinski definition) is 0. The van der Waals surface area contributed by atoms with E-state index in [4.69, 9.17) is 11.2 Å². The van der Waals surface area contributed by atoms with E-state index in [2.05, 4.69) is 10.9 Å². The summed E-state index contributed by atoms with van der Waals surface area (Å²) in [6.45, 7) is 0.200. The third-order valence-electron chi connectivity index (χ3n) is 4.48. The number of sulfone groups is 1. The Morgan fingerprint density at radius 3 is 2.61 bits per heavy atom. The molecule has 0 spiro atoms. The third-order valence-corrected chi connectivity index (χ3v) is 7.34. The van der Waals surface area contributed by atoms with Crippen molar-refractivity contribution < 1.29 is 22.7 Å². The van der Waals surface area contributed by atoms with Crippen molar-refractivity contribution in [3.63, 3.8) is 0 Å². The summed E-state index contributed by atoms with van der Waals surface area (Å²) in [7, 11) is -2.15. The average molecular weight is 457 g/mol. The van der Waals surface area contributed by atoms with Gasteiger partial charge in [-0.3, -0.25) is 4.79 Å². The Morgan fingerprint density at radius 2 is 1.94 bits per heavy atom. The van der Waals surface area contributed by atoms with Gasteiger partial charge in [0.15, 0.2) is 14.6 Å². The summed E-state index contributed by atoms with van der Waals surface area (Å²) in [4.78, 5) is 28.9. The van der Waals surface area contributed by atoms with Crippen LogP contribution in [0.25, 0.3) is 10.2 Å². The molecular formula is C22H20N2O5S2. The molecule has 0 aliphatic heterocycles. The second-order valence-electron chi connectivity index (χ2n) is 6.59. The Balaban J connectivity index is 1.80. The Kier molecular flexibility index (Phi) is 7.05. The number of carbonyl (C=O) groups excluding carboxylic acids is 2. The van der Waals surface area contributed by atoms with Crippen molar-refractivity contribution in [3.8, 4) is 12.3 Å². The van der Waals surface area contributed by atoms with Gasteiger partial charge in [0, 0.05) is 6.42 Å². The maximum absolute atomic E-state index is 12.4. The fourth-order valence-electron chi connectivity index (χ4n) is 2.97. The van der Waals surface area contributed by atoms with Gasteiger partial charge in [0.2, 0.25) is 5.91 Å². The highest BCUT2D eigenvalue weighted by molar-refractivity contribution is 7.91. The summed E-state index contributed by atoms with van der Waals surface area (Å²) < 4.78 is 31.9. The number of amides is 1. The van der Waals surface area contributed by atoms with Gasteiger partial charge in [-0.15, -0.1) is 6.42 Å². The number of thiazole rings is 1. The molecule has 160 valence electrons. The molecule has 1 amide bonds. The van der Waals surface area contributed by atoms with Gasteiger partial charge in [-0.25, -0.2) is 13.2 Å². The molecular weight excluding hydrogens is 436 g/mol. The first-order valence-corrected chi connectivity index (χ1v) is 11.8. The average Bonchev–Trinajstić information content (AvgIpc) is 3.10. The van der Waals surface area contributed by atoms with E-state index in [-0.39, 0.29) is 30.0 Å². The van der Waals surface area contributed by atoms with E-state index in [9.17, 15) is 18.0 Å². The highest BCUT2D eigenvalue weighted by atomic mass is 32.2. The van der Waals surface area contributed by atoms with Gasteiger partial charge in [-0.1, -0.05) is 35.5 Å². The third kappa shape index (κ3) is 5.29. The van der Waals surface area contributed by atoms with E-state index >= 15 is 0 Å². The van der Waals surface area contributed by atoms with E-state index in [1.165, 1.54) is 30.6 Å². The number of aromatic nitrogens is 1. The van der Waals surface area contributed by atoms with Gasteiger partial charge in [0.05, 0.1) is 40.1 Å². The number of methoxy groups -OCH3 is 1. The van der Waals surface area contributed by atoms with Crippen molar-refractivity contribution >= 4 is 43.3 Å². The predicted octanol–water partition coefficient (Wildman–Crippen LogP) is 2.80. The van der Waals surface area contributed by atoms with Crippen LogP contribution in [0.2, 0.25) is 0 Å². The van der Waals surface area contributed by atoms with Crippen LogP contribution in [-0.2, 0) is 25.9 Å². The van der Waals surface area contributed by atoms with Crippen LogP contribution in [0, 0.1) is 12.3 Å². The smallest absolute Gasteiger partial charge is 0.337 e. The maximum Gasteiger partial charge on any atom is 0.337 e. The molecule has 9 heteroatoms. The lowest BCUT2D eigenvalue weighted by atomic mass is 10.2. The normalized spacial score (nSPS) is 11.9. The predicted molar refractivity (Wildman–Crippen MR) is 118 cm³/mol. The zero-order chi connectivity index (χ0) is 22.4. The minimum absolute atomic E-state index is 0.0101. The number of ether oxygens (including phenoxy) is 1. The fraction of sp³-hybridized carbons (Fsp3) is 0.227. The monoisotopic (exact) mass is 456 g/mol. The molecule has 0 radical (unpaired) electrons. The number of hydrogen-bond acceptors (Lipinski definition) is 6. The first kappa shape index (κ1) is 22.5. The molecule has 0 saturated carbocycles. The summed E-state index contributed by atoms with van der Waals surface area (Å²) in [6, 6.07) is 13.1. The molecule has 3 aromatic rings. The van der Waals surface area contributed by atoms with E-state index < -0.39 is 21.7 Å². The molecule has 0 N–H and O–H groups in total. The van der Waals surface area contributed by atoms with Crippen LogP contribution in [0.4, 0.5) is 0 Å². The summed E-state index contributed by atoms with van der Waals surface area (Å²) in [5.41, 5.74) is 1.13. The van der Waals surface area contributed by atoms with Crippen LogP contribution in [0.1, 0.15) is 23.2 Å². The van der Waals surface area contributed by atoms with Crippen molar-refractivity contribution in [1.82, 2.24) is 4.57 Å². The van der Waals surface area contributed by atoms with Crippen LogP contribution < -0.4 is 4.80 Å². The lowest BCUT2D eigenvalue weighted by Crippen LogP contribution is -2.17. The van der Waals surface area contributed by atoms with Gasteiger partial charge >= 0.3 is 5.97 Å². The summed E-state index contributed by atoms with van der Waals surface area (Å²) in [5, 5.41) is 0. The van der Waals surface area contributed by atoms with Crippen LogP contribution >= 0.6 is 11.3 Å². The number of fused-ring (bicyclic) bond motifs is 1. The fourth-order valence-corrected chi connectivity index (χ4v) is 5.39. The summed E-state index contributed by atoms with van der Waals surface area (Å²) in [5.74, 6) is 1.49. The van der Waals surface area contributed by atoms with Crippen LogP contribution in [0.15, 0.2) is 58.4 Å². The first-order chi connectivity index (χ1) is 14.9. The Bertz CT molecular complexity index is 1330. The van der Waals surface area contributed by atoms with E-state index in [1.54, 1.807) is 41.0 Å². The van der Waals surface area contributed by atoms with E-state index in [0.717, 1.165) is 10.2 Å². The Morgan fingerprint density at radius 1 is 1.19 bits per heavy atom. The molecule has 3 rings (SSSR count). The summed E-state index contributed by atoms with van der Waals surface area (Å²) >= 11 is 1.22. The molecule has 0 fully saturated rings. The highest BCUT2D eigenvalue weighted by Crippen LogP contribution is 2.20. The van der Waals surface area contributed by atoms with Gasteiger partial charge in [0.1, 0.15) is 0 Å². The second-order valence-corrected chi connectivity index (χ2v) is 9.71. The molecule has 31 heavy (non-hydrogen) atoms. The molecule has 0 bridgehead atoms. The van der Waals surface area contributed by atoms with Crippen molar-refractivity contribution in [1.29, 1.82) is 0 Å². The molecule has 0 unspecified atom stereocenters. The number of rotatable bonds is 7. The van der Waals surface area contributed by atoms with Gasteiger partial charge in [-0.05, 0) is 36.8 Å². The quantitative estimate of drug-likeness (QED) is 0.402. The van der Waals surface area contributed by atoms with Crippen LogP contribution in [-0.4, -0.2) is 37.7 Å². The maximum atomic E-state index is 12.4. The van der Waals surface area contributed by atoms with E-state index in [0.29, 0.717) is 10.4 Å². The SMILES string of the molecule is C#CCn1c(=NC(=O)CCCS(=O)(=O)c2ccccc2)sc2cc(C(=O)OC)ccc21. The number of benzene rings is 2. The minimum Gasteiger partial charge on any atom is -0.465 e. The molecule has 2 aromatic carbocycles. The van der Waals surface area contributed by atoms with Crippen molar-refractivity contribution in [2.75, 3.05) is 12.9 Å². The highest BCUT2D eigenvalue weighted by Gasteiger charge is 2.15. The molecule has 7 nitrogen and oxygen atoms in total. The zero-order valence-corrected chi connectivity index (χ0v) is 18.4. The standard InChI is InChI=1S/C22H20N2O5S2/c1-3-13-24-18-12-11-16(21(26)29-2)15-19(18)30-22(24)23-20(25)10-7-14-31(27,28)17-8-5-4-6-9-17/h1,4-6,8-9,11-12,15H,7,10,13-14H2,2H3. The molecule has 0 atom stereocenters.